The second-order valence-electron chi connectivity index (χ2n) is 6.30. The van der Waals surface area contributed by atoms with E-state index in [4.69, 9.17) is 4.74 Å². The molecule has 2 aromatic rings. The lowest BCUT2D eigenvalue weighted by Crippen LogP contribution is -2.38. The number of piperidine rings is 1. The molecule has 0 bridgehead atoms. The Morgan fingerprint density at radius 3 is 2.79 bits per heavy atom. The molecule has 0 N–H and O–H groups in total. The molecule has 0 aromatic heterocycles. The molecule has 1 fully saturated rings. The zero-order valence-corrected chi connectivity index (χ0v) is 13.9. The molecule has 0 spiro atoms. The summed E-state index contributed by atoms with van der Waals surface area (Å²) in [7, 11) is 1.61. The van der Waals surface area contributed by atoms with Crippen LogP contribution in [0.3, 0.4) is 0 Å². The summed E-state index contributed by atoms with van der Waals surface area (Å²) < 4.78 is 18.2. The van der Waals surface area contributed by atoms with Crippen LogP contribution < -0.4 is 4.74 Å². The van der Waals surface area contributed by atoms with Gasteiger partial charge in [0.1, 0.15) is 11.6 Å². The highest BCUT2D eigenvalue weighted by molar-refractivity contribution is 5.98. The number of nitrogens with zero attached hydrogens (tertiary/aromatic N) is 1. The van der Waals surface area contributed by atoms with Crippen LogP contribution in [0.1, 0.15) is 28.8 Å². The van der Waals surface area contributed by atoms with E-state index in [0.717, 1.165) is 38.0 Å². The second kappa shape index (κ2) is 7.58. The average molecular weight is 327 g/mol. The molecule has 0 aliphatic carbocycles. The molecule has 1 aliphatic rings. The fourth-order valence-corrected chi connectivity index (χ4v) is 3.27. The summed E-state index contributed by atoms with van der Waals surface area (Å²) in [4.78, 5) is 15.1. The van der Waals surface area contributed by atoms with Crippen molar-refractivity contribution in [3.05, 3.63) is 65.5 Å². The molecule has 4 heteroatoms. The first kappa shape index (κ1) is 16.7. The molecule has 0 saturated carbocycles. The van der Waals surface area contributed by atoms with Crippen molar-refractivity contribution in [3.8, 4) is 5.75 Å². The summed E-state index contributed by atoms with van der Waals surface area (Å²) >= 11 is 0. The number of ether oxygens (including phenoxy) is 1. The van der Waals surface area contributed by atoms with Crippen LogP contribution in [0.25, 0.3) is 0 Å². The van der Waals surface area contributed by atoms with Gasteiger partial charge in [-0.15, -0.1) is 0 Å². The van der Waals surface area contributed by atoms with E-state index in [0.29, 0.717) is 11.3 Å². The summed E-state index contributed by atoms with van der Waals surface area (Å²) in [6, 6.07) is 13.9. The Balaban J connectivity index is 1.66. The minimum Gasteiger partial charge on any atom is -0.497 e. The quantitative estimate of drug-likeness (QED) is 0.779. The molecular formula is C20H22FNO2. The second-order valence-corrected chi connectivity index (χ2v) is 6.30. The molecule has 1 atom stereocenters. The van der Waals surface area contributed by atoms with Gasteiger partial charge < -0.3 is 4.74 Å². The monoisotopic (exact) mass is 327 g/mol. The minimum absolute atomic E-state index is 0.00584. The average Bonchev–Trinajstić information content (AvgIpc) is 2.63. The van der Waals surface area contributed by atoms with E-state index in [9.17, 15) is 9.18 Å². The van der Waals surface area contributed by atoms with E-state index in [-0.39, 0.29) is 17.5 Å². The Morgan fingerprint density at radius 1 is 1.25 bits per heavy atom. The topological polar surface area (TPSA) is 29.5 Å². The highest BCUT2D eigenvalue weighted by Gasteiger charge is 2.26. The Labute approximate surface area is 142 Å². The maximum absolute atomic E-state index is 13.0. The highest BCUT2D eigenvalue weighted by atomic mass is 19.1. The SMILES string of the molecule is COc1cccc(C(=O)[C@H]2CCCN(Cc3ccc(F)cc3)C2)c1. The van der Waals surface area contributed by atoms with Gasteiger partial charge >= 0.3 is 0 Å². The summed E-state index contributed by atoms with van der Waals surface area (Å²) in [6.07, 6.45) is 1.91. The van der Waals surface area contributed by atoms with E-state index in [1.807, 2.05) is 30.3 Å². The van der Waals surface area contributed by atoms with Crippen LogP contribution in [-0.4, -0.2) is 30.9 Å². The van der Waals surface area contributed by atoms with Gasteiger partial charge in [0.25, 0.3) is 0 Å². The Bertz CT molecular complexity index is 699. The van der Waals surface area contributed by atoms with Crippen molar-refractivity contribution in [2.75, 3.05) is 20.2 Å². The van der Waals surface area contributed by atoms with Crippen molar-refractivity contribution in [1.82, 2.24) is 4.90 Å². The van der Waals surface area contributed by atoms with Crippen LogP contribution in [-0.2, 0) is 6.54 Å². The first-order chi connectivity index (χ1) is 11.7. The standard InChI is InChI=1S/C20H22FNO2/c1-24-19-6-2-4-16(12-19)20(23)17-5-3-11-22(14-17)13-15-7-9-18(21)10-8-15/h2,4,6-10,12,17H,3,5,11,13-14H2,1H3/t17-/m0/s1. The molecule has 1 heterocycles. The lowest BCUT2D eigenvalue weighted by molar-refractivity contribution is 0.0811. The molecule has 0 radical (unpaired) electrons. The van der Waals surface area contributed by atoms with Crippen molar-refractivity contribution in [1.29, 1.82) is 0 Å². The van der Waals surface area contributed by atoms with Crippen LogP contribution in [0.5, 0.6) is 5.75 Å². The van der Waals surface area contributed by atoms with Gasteiger partial charge in [-0.05, 0) is 49.2 Å². The maximum Gasteiger partial charge on any atom is 0.167 e. The smallest absolute Gasteiger partial charge is 0.167 e. The first-order valence-corrected chi connectivity index (χ1v) is 8.31. The number of rotatable bonds is 5. The number of carbonyl (C=O) groups is 1. The Hall–Kier alpha value is -2.20. The van der Waals surface area contributed by atoms with Crippen molar-refractivity contribution in [2.24, 2.45) is 5.92 Å². The summed E-state index contributed by atoms with van der Waals surface area (Å²) in [5.74, 6) is 0.673. The predicted molar refractivity (Wildman–Crippen MR) is 91.7 cm³/mol. The van der Waals surface area contributed by atoms with Crippen molar-refractivity contribution < 1.29 is 13.9 Å². The van der Waals surface area contributed by atoms with Crippen LogP contribution >= 0.6 is 0 Å². The van der Waals surface area contributed by atoms with Gasteiger partial charge in [-0.1, -0.05) is 24.3 Å². The fourth-order valence-electron chi connectivity index (χ4n) is 3.27. The van der Waals surface area contributed by atoms with Crippen LogP contribution in [0.15, 0.2) is 48.5 Å². The summed E-state index contributed by atoms with van der Waals surface area (Å²) in [5, 5.41) is 0. The summed E-state index contributed by atoms with van der Waals surface area (Å²) in [5.41, 5.74) is 1.79. The van der Waals surface area contributed by atoms with Gasteiger partial charge in [0, 0.05) is 24.6 Å². The van der Waals surface area contributed by atoms with E-state index in [1.165, 1.54) is 12.1 Å². The molecule has 126 valence electrons. The molecular weight excluding hydrogens is 305 g/mol. The number of halogens is 1. The van der Waals surface area contributed by atoms with Gasteiger partial charge in [-0.3, -0.25) is 9.69 Å². The van der Waals surface area contributed by atoms with Gasteiger partial charge in [-0.2, -0.15) is 0 Å². The van der Waals surface area contributed by atoms with Crippen molar-refractivity contribution in [3.63, 3.8) is 0 Å². The van der Waals surface area contributed by atoms with Crippen LogP contribution in [0.4, 0.5) is 4.39 Å². The lowest BCUT2D eigenvalue weighted by atomic mass is 9.89. The van der Waals surface area contributed by atoms with Gasteiger partial charge in [0.05, 0.1) is 7.11 Å². The highest BCUT2D eigenvalue weighted by Crippen LogP contribution is 2.24. The van der Waals surface area contributed by atoms with E-state index in [1.54, 1.807) is 13.2 Å². The number of methoxy groups -OCH3 is 1. The number of Topliss-reactive ketones (excluding diaryl/α,β-unsaturated/α-hetero) is 1. The molecule has 24 heavy (non-hydrogen) atoms. The molecule has 1 saturated heterocycles. The number of carbonyl (C=O) groups excluding carboxylic acids is 1. The number of likely N-dealkylation sites (tertiary alicyclic amines) is 1. The lowest BCUT2D eigenvalue weighted by Gasteiger charge is -2.32. The fraction of sp³-hybridized carbons (Fsp3) is 0.350. The molecule has 0 amide bonds. The Kier molecular flexibility index (Phi) is 5.26. The van der Waals surface area contributed by atoms with Crippen molar-refractivity contribution in [2.45, 2.75) is 19.4 Å². The molecule has 3 nitrogen and oxygen atoms in total. The molecule has 1 aliphatic heterocycles. The number of ketones is 1. The zero-order valence-electron chi connectivity index (χ0n) is 13.9. The molecule has 2 aromatic carbocycles. The third-order valence-corrected chi connectivity index (χ3v) is 4.55. The summed E-state index contributed by atoms with van der Waals surface area (Å²) in [6.45, 7) is 2.47. The first-order valence-electron chi connectivity index (χ1n) is 8.31. The van der Waals surface area contributed by atoms with Crippen LogP contribution in [0, 0.1) is 11.7 Å². The number of benzene rings is 2. The predicted octanol–water partition coefficient (Wildman–Crippen LogP) is 3.93. The normalized spacial score (nSPS) is 18.3. The maximum atomic E-state index is 13.0. The molecule has 0 unspecified atom stereocenters. The molecule has 3 rings (SSSR count). The Morgan fingerprint density at radius 2 is 2.04 bits per heavy atom. The number of hydrogen-bond donors (Lipinski definition) is 0. The number of hydrogen-bond acceptors (Lipinski definition) is 3. The third kappa shape index (κ3) is 4.01. The minimum atomic E-state index is -0.219. The van der Waals surface area contributed by atoms with Gasteiger partial charge in [-0.25, -0.2) is 4.39 Å². The van der Waals surface area contributed by atoms with E-state index >= 15 is 0 Å². The van der Waals surface area contributed by atoms with Gasteiger partial charge in [0.15, 0.2) is 5.78 Å². The van der Waals surface area contributed by atoms with E-state index < -0.39 is 0 Å². The van der Waals surface area contributed by atoms with Crippen LogP contribution in [0.2, 0.25) is 0 Å². The van der Waals surface area contributed by atoms with E-state index in [2.05, 4.69) is 4.90 Å². The largest absolute Gasteiger partial charge is 0.497 e. The van der Waals surface area contributed by atoms with Gasteiger partial charge in [0.2, 0.25) is 0 Å². The zero-order chi connectivity index (χ0) is 16.9. The third-order valence-electron chi connectivity index (χ3n) is 4.55. The van der Waals surface area contributed by atoms with Crippen molar-refractivity contribution >= 4 is 5.78 Å².